The number of hydrogen-bond donors (Lipinski definition) is 1. The minimum absolute atomic E-state index is 0.164. The van der Waals surface area contributed by atoms with Gasteiger partial charge in [-0.25, -0.2) is 8.78 Å². The van der Waals surface area contributed by atoms with Crippen LogP contribution in [0.1, 0.15) is 32.1 Å². The Morgan fingerprint density at radius 1 is 1.29 bits per heavy atom. The topological polar surface area (TPSA) is 12.0 Å². The number of rotatable bonds is 5. The van der Waals surface area contributed by atoms with Crippen molar-refractivity contribution in [2.45, 2.75) is 43.3 Å². The Bertz CT molecular complexity index is 158. The van der Waals surface area contributed by atoms with Crippen LogP contribution in [-0.2, 0) is 0 Å². The van der Waals surface area contributed by atoms with Gasteiger partial charge in [0.1, 0.15) is 0 Å². The van der Waals surface area contributed by atoms with E-state index in [9.17, 15) is 8.78 Å². The van der Waals surface area contributed by atoms with E-state index in [1.165, 1.54) is 32.1 Å². The van der Waals surface area contributed by atoms with Crippen molar-refractivity contribution in [3.63, 3.8) is 0 Å². The summed E-state index contributed by atoms with van der Waals surface area (Å²) in [6.07, 6.45) is 6.01. The zero-order chi connectivity index (χ0) is 10.4. The summed E-state index contributed by atoms with van der Waals surface area (Å²) < 4.78 is 24.1. The lowest BCUT2D eigenvalue weighted by molar-refractivity contribution is 0.144. The number of thioether (sulfide) groups is 1. The summed E-state index contributed by atoms with van der Waals surface area (Å²) in [6, 6.07) is 0. The minimum Gasteiger partial charge on any atom is -0.310 e. The minimum atomic E-state index is -2.22. The monoisotopic (exact) mass is 223 g/mol. The van der Waals surface area contributed by atoms with Gasteiger partial charge in [-0.15, -0.1) is 0 Å². The maximum absolute atomic E-state index is 11.9. The molecule has 0 bridgehead atoms. The van der Waals surface area contributed by atoms with E-state index in [4.69, 9.17) is 0 Å². The Morgan fingerprint density at radius 2 is 1.93 bits per heavy atom. The lowest BCUT2D eigenvalue weighted by Gasteiger charge is -2.36. The Balaban J connectivity index is 2.29. The molecular formula is C10H19F2NS. The van der Waals surface area contributed by atoms with E-state index in [1.54, 1.807) is 0 Å². The van der Waals surface area contributed by atoms with Gasteiger partial charge in [0, 0.05) is 11.3 Å². The van der Waals surface area contributed by atoms with E-state index in [0.717, 1.165) is 6.54 Å². The molecule has 0 spiro atoms. The van der Waals surface area contributed by atoms with Crippen molar-refractivity contribution in [2.24, 2.45) is 0 Å². The van der Waals surface area contributed by atoms with Crippen LogP contribution >= 0.6 is 11.8 Å². The van der Waals surface area contributed by atoms with Crippen LogP contribution in [0.2, 0.25) is 0 Å². The van der Waals surface area contributed by atoms with Crippen molar-refractivity contribution < 1.29 is 8.78 Å². The zero-order valence-electron chi connectivity index (χ0n) is 8.69. The average Bonchev–Trinajstić information content (AvgIpc) is 2.19. The van der Waals surface area contributed by atoms with Gasteiger partial charge in [-0.3, -0.25) is 0 Å². The molecule has 0 amide bonds. The highest BCUT2D eigenvalue weighted by Gasteiger charge is 2.30. The predicted molar refractivity (Wildman–Crippen MR) is 58.2 cm³/mol. The van der Waals surface area contributed by atoms with Gasteiger partial charge < -0.3 is 5.32 Å². The maximum Gasteiger partial charge on any atom is 0.250 e. The summed E-state index contributed by atoms with van der Waals surface area (Å²) in [5.41, 5.74) is 0. The molecule has 0 saturated heterocycles. The van der Waals surface area contributed by atoms with E-state index in [0.29, 0.717) is 0 Å². The molecule has 0 unspecified atom stereocenters. The summed E-state index contributed by atoms with van der Waals surface area (Å²) in [5, 5.41) is 2.88. The molecule has 1 nitrogen and oxygen atoms in total. The second-order valence-electron chi connectivity index (χ2n) is 3.97. The molecule has 0 radical (unpaired) electrons. The number of nitrogens with one attached hydrogen (secondary N) is 1. The highest BCUT2D eigenvalue weighted by atomic mass is 32.2. The molecule has 4 heteroatoms. The summed E-state index contributed by atoms with van der Waals surface area (Å²) in [5.74, 6) is 0. The lowest BCUT2D eigenvalue weighted by atomic mass is 9.88. The molecule has 1 fully saturated rings. The Labute approximate surface area is 89.0 Å². The second kappa shape index (κ2) is 5.91. The third-order valence-corrected chi connectivity index (χ3v) is 4.36. The largest absolute Gasteiger partial charge is 0.310 e. The third-order valence-electron chi connectivity index (χ3n) is 2.94. The van der Waals surface area contributed by atoms with Crippen LogP contribution in [0.25, 0.3) is 0 Å². The zero-order valence-corrected chi connectivity index (χ0v) is 9.51. The fourth-order valence-electron chi connectivity index (χ4n) is 2.06. The van der Waals surface area contributed by atoms with Gasteiger partial charge in [0.2, 0.25) is 0 Å². The Hall–Kier alpha value is 0.170. The average molecular weight is 223 g/mol. The molecule has 0 heterocycles. The molecule has 1 aliphatic rings. The van der Waals surface area contributed by atoms with Crippen LogP contribution < -0.4 is 5.32 Å². The highest BCUT2D eigenvalue weighted by Crippen LogP contribution is 2.37. The molecule has 0 aromatic heterocycles. The van der Waals surface area contributed by atoms with Crippen LogP contribution in [0.15, 0.2) is 0 Å². The van der Waals surface area contributed by atoms with Crippen LogP contribution in [0.3, 0.4) is 0 Å². The number of alkyl halides is 2. The Kier molecular flexibility index (Phi) is 5.17. The standard InChI is InChI=1S/C10H19F2NS/c1-14-10(5-3-2-4-6-10)8-13-7-9(11)12/h9,13H,2-8H2,1H3. The van der Waals surface area contributed by atoms with Gasteiger partial charge in [0.25, 0.3) is 6.43 Å². The SMILES string of the molecule is CSC1(CNCC(F)F)CCCCC1. The quantitative estimate of drug-likeness (QED) is 0.769. The van der Waals surface area contributed by atoms with Gasteiger partial charge in [0.05, 0.1) is 6.54 Å². The van der Waals surface area contributed by atoms with E-state index in [1.807, 2.05) is 11.8 Å². The fraction of sp³-hybridized carbons (Fsp3) is 1.00. The third kappa shape index (κ3) is 3.73. The second-order valence-corrected chi connectivity index (χ2v) is 5.24. The van der Waals surface area contributed by atoms with Gasteiger partial charge >= 0.3 is 0 Å². The first kappa shape index (κ1) is 12.2. The smallest absolute Gasteiger partial charge is 0.250 e. The molecule has 0 aromatic carbocycles. The van der Waals surface area contributed by atoms with E-state index >= 15 is 0 Å². The lowest BCUT2D eigenvalue weighted by Crippen LogP contribution is -2.40. The highest BCUT2D eigenvalue weighted by molar-refractivity contribution is 8.00. The van der Waals surface area contributed by atoms with Crippen molar-refractivity contribution in [3.05, 3.63) is 0 Å². The Morgan fingerprint density at radius 3 is 2.43 bits per heavy atom. The normalized spacial score (nSPS) is 21.4. The van der Waals surface area contributed by atoms with E-state index in [2.05, 4.69) is 11.6 Å². The first-order valence-electron chi connectivity index (χ1n) is 5.22. The van der Waals surface area contributed by atoms with Crippen molar-refractivity contribution in [2.75, 3.05) is 19.3 Å². The first-order chi connectivity index (χ1) is 6.68. The summed E-state index contributed by atoms with van der Waals surface area (Å²) in [7, 11) is 0. The molecule has 1 rings (SSSR count). The van der Waals surface area contributed by atoms with E-state index < -0.39 is 6.43 Å². The van der Waals surface area contributed by atoms with Crippen LogP contribution in [0.5, 0.6) is 0 Å². The van der Waals surface area contributed by atoms with Gasteiger partial charge in [-0.1, -0.05) is 19.3 Å². The molecule has 14 heavy (non-hydrogen) atoms. The predicted octanol–water partition coefficient (Wildman–Crippen LogP) is 2.91. The van der Waals surface area contributed by atoms with Crippen molar-refractivity contribution >= 4 is 11.8 Å². The summed E-state index contributed by atoms with van der Waals surface area (Å²) >= 11 is 1.84. The first-order valence-corrected chi connectivity index (χ1v) is 6.45. The maximum atomic E-state index is 11.9. The molecule has 1 N–H and O–H groups in total. The molecule has 0 aliphatic heterocycles. The number of halogens is 2. The fourth-order valence-corrected chi connectivity index (χ4v) is 3.00. The van der Waals surface area contributed by atoms with Crippen LogP contribution in [-0.4, -0.2) is 30.5 Å². The van der Waals surface area contributed by atoms with Gasteiger partial charge in [0.15, 0.2) is 0 Å². The van der Waals surface area contributed by atoms with Gasteiger partial charge in [-0.2, -0.15) is 11.8 Å². The van der Waals surface area contributed by atoms with Crippen molar-refractivity contribution in [3.8, 4) is 0 Å². The summed E-state index contributed by atoms with van der Waals surface area (Å²) in [6.45, 7) is 0.570. The molecule has 0 aromatic rings. The summed E-state index contributed by atoms with van der Waals surface area (Å²) in [4.78, 5) is 0. The molecule has 1 saturated carbocycles. The molecule has 1 aliphatic carbocycles. The van der Waals surface area contributed by atoms with Gasteiger partial charge in [-0.05, 0) is 19.1 Å². The van der Waals surface area contributed by atoms with E-state index in [-0.39, 0.29) is 11.3 Å². The van der Waals surface area contributed by atoms with Crippen molar-refractivity contribution in [1.29, 1.82) is 0 Å². The molecular weight excluding hydrogens is 204 g/mol. The number of hydrogen-bond acceptors (Lipinski definition) is 2. The van der Waals surface area contributed by atoms with Crippen molar-refractivity contribution in [1.82, 2.24) is 5.32 Å². The van der Waals surface area contributed by atoms with Crippen LogP contribution in [0.4, 0.5) is 8.78 Å². The van der Waals surface area contributed by atoms with Crippen LogP contribution in [0, 0.1) is 0 Å². The molecule has 84 valence electrons. The molecule has 0 atom stereocenters.